The molecule has 0 fully saturated rings. The number of halogens is 3. The normalized spacial score (nSPS) is 11.9. The van der Waals surface area contributed by atoms with Crippen LogP contribution in [-0.2, 0) is 10.9 Å². The zero-order chi connectivity index (χ0) is 16.8. The van der Waals surface area contributed by atoms with Crippen LogP contribution in [0.4, 0.5) is 13.2 Å². The van der Waals surface area contributed by atoms with Crippen molar-refractivity contribution in [3.05, 3.63) is 29.6 Å². The van der Waals surface area contributed by atoms with E-state index in [0.29, 0.717) is 0 Å². The minimum atomic E-state index is -4.74. The number of carbonyl (C=O) groups is 1. The minimum absolute atomic E-state index is 0.0148. The molecular weight excluding hydrogens is 317 g/mol. The highest BCUT2D eigenvalue weighted by Gasteiger charge is 2.38. The fourth-order valence-corrected chi connectivity index (χ4v) is 2.17. The van der Waals surface area contributed by atoms with Gasteiger partial charge >= 0.3 is 12.1 Å². The summed E-state index contributed by atoms with van der Waals surface area (Å²) in [4.78, 5) is 15.7. The largest absolute Gasteiger partial charge is 0.478 e. The van der Waals surface area contributed by atoms with Gasteiger partial charge in [-0.1, -0.05) is 0 Å². The SMILES string of the molecule is COC(=O)c1ccc2nc(OC)c3nnc(C(F)(F)F)n3c2c1. The topological polar surface area (TPSA) is 78.6 Å². The number of nitrogens with zero attached hydrogens (tertiary/aromatic N) is 4. The summed E-state index contributed by atoms with van der Waals surface area (Å²) in [5.41, 5.74) is 0.0813. The van der Waals surface area contributed by atoms with E-state index < -0.39 is 18.0 Å². The lowest BCUT2D eigenvalue weighted by atomic mass is 10.2. The Morgan fingerprint density at radius 1 is 1.22 bits per heavy atom. The van der Waals surface area contributed by atoms with Crippen LogP contribution in [0.5, 0.6) is 5.88 Å². The van der Waals surface area contributed by atoms with Gasteiger partial charge in [-0.05, 0) is 18.2 Å². The highest BCUT2D eigenvalue weighted by Crippen LogP contribution is 2.32. The number of methoxy groups -OCH3 is 2. The molecule has 0 aliphatic heterocycles. The number of benzene rings is 1. The number of hydrogen-bond acceptors (Lipinski definition) is 6. The van der Waals surface area contributed by atoms with Gasteiger partial charge in [-0.2, -0.15) is 13.2 Å². The first kappa shape index (κ1) is 15.0. The zero-order valence-corrected chi connectivity index (χ0v) is 11.9. The van der Waals surface area contributed by atoms with E-state index in [1.54, 1.807) is 0 Å². The van der Waals surface area contributed by atoms with E-state index in [1.165, 1.54) is 32.4 Å². The van der Waals surface area contributed by atoms with Crippen molar-refractivity contribution in [2.45, 2.75) is 6.18 Å². The molecule has 1 aromatic carbocycles. The number of ether oxygens (including phenoxy) is 2. The Labute approximate surface area is 126 Å². The molecule has 3 aromatic rings. The Morgan fingerprint density at radius 3 is 2.57 bits per heavy atom. The third-order valence-electron chi connectivity index (χ3n) is 3.16. The molecule has 0 atom stereocenters. The number of hydrogen-bond donors (Lipinski definition) is 0. The molecule has 0 unspecified atom stereocenters. The molecule has 2 aromatic heterocycles. The highest BCUT2D eigenvalue weighted by atomic mass is 19.4. The molecule has 23 heavy (non-hydrogen) atoms. The molecule has 7 nitrogen and oxygen atoms in total. The van der Waals surface area contributed by atoms with Crippen molar-refractivity contribution in [1.82, 2.24) is 19.6 Å². The quantitative estimate of drug-likeness (QED) is 0.671. The van der Waals surface area contributed by atoms with E-state index in [1.807, 2.05) is 0 Å². The van der Waals surface area contributed by atoms with E-state index in [-0.39, 0.29) is 28.1 Å². The molecule has 0 amide bonds. The van der Waals surface area contributed by atoms with Gasteiger partial charge in [0.2, 0.25) is 11.5 Å². The number of fused-ring (bicyclic) bond motifs is 3. The van der Waals surface area contributed by atoms with E-state index in [4.69, 9.17) is 4.74 Å². The summed E-state index contributed by atoms with van der Waals surface area (Å²) in [7, 11) is 2.44. The van der Waals surface area contributed by atoms with Crippen LogP contribution in [0.15, 0.2) is 18.2 Å². The number of carbonyl (C=O) groups excluding carboxylic acids is 1. The Bertz CT molecular complexity index is 920. The average Bonchev–Trinajstić information content (AvgIpc) is 2.98. The molecule has 0 saturated heterocycles. The van der Waals surface area contributed by atoms with Crippen molar-refractivity contribution in [3.63, 3.8) is 0 Å². The monoisotopic (exact) mass is 326 g/mol. The summed E-state index contributed by atoms with van der Waals surface area (Å²) < 4.78 is 49.8. The lowest BCUT2D eigenvalue weighted by molar-refractivity contribution is -0.145. The fraction of sp³-hybridized carbons (Fsp3) is 0.231. The van der Waals surface area contributed by atoms with Crippen molar-refractivity contribution in [2.75, 3.05) is 14.2 Å². The average molecular weight is 326 g/mol. The first-order valence-corrected chi connectivity index (χ1v) is 6.25. The Hall–Kier alpha value is -2.91. The summed E-state index contributed by atoms with van der Waals surface area (Å²) in [5, 5.41) is 6.66. The van der Waals surface area contributed by atoms with Gasteiger partial charge in [-0.15, -0.1) is 10.2 Å². The fourth-order valence-electron chi connectivity index (χ4n) is 2.17. The van der Waals surface area contributed by atoms with E-state index in [9.17, 15) is 18.0 Å². The molecular formula is C13H9F3N4O3. The van der Waals surface area contributed by atoms with Crippen LogP contribution in [0.25, 0.3) is 16.7 Å². The van der Waals surface area contributed by atoms with Crippen molar-refractivity contribution in [2.24, 2.45) is 0 Å². The number of esters is 1. The maximum atomic E-state index is 13.2. The van der Waals surface area contributed by atoms with Gasteiger partial charge in [0.15, 0.2) is 0 Å². The second-order valence-electron chi connectivity index (χ2n) is 4.50. The lowest BCUT2D eigenvalue weighted by Gasteiger charge is -2.10. The molecule has 3 rings (SSSR count). The molecule has 0 bridgehead atoms. The molecule has 10 heteroatoms. The first-order chi connectivity index (χ1) is 10.9. The number of rotatable bonds is 2. The summed E-state index contributed by atoms with van der Waals surface area (Å²) in [6.45, 7) is 0. The van der Waals surface area contributed by atoms with E-state index in [0.717, 1.165) is 4.40 Å². The number of alkyl halides is 3. The highest BCUT2D eigenvalue weighted by molar-refractivity contribution is 5.94. The molecule has 0 saturated carbocycles. The van der Waals surface area contributed by atoms with Gasteiger partial charge in [0.1, 0.15) is 0 Å². The van der Waals surface area contributed by atoms with Gasteiger partial charge in [0.05, 0.1) is 30.8 Å². The first-order valence-electron chi connectivity index (χ1n) is 6.25. The molecule has 0 spiro atoms. The van der Waals surface area contributed by atoms with E-state index >= 15 is 0 Å². The summed E-state index contributed by atoms with van der Waals surface area (Å²) in [6.07, 6.45) is -4.74. The Kier molecular flexibility index (Phi) is 3.31. The zero-order valence-electron chi connectivity index (χ0n) is 11.9. The molecule has 120 valence electrons. The van der Waals surface area contributed by atoms with Crippen molar-refractivity contribution >= 4 is 22.6 Å². The standard InChI is InChI=1S/C13H9F3N4O3/c1-22-10-9-18-19-12(13(14,15)16)20(9)8-5-6(11(21)23-2)3-4-7(8)17-10/h3-5H,1-2H3. The lowest BCUT2D eigenvalue weighted by Crippen LogP contribution is -2.12. The molecule has 2 heterocycles. The predicted molar refractivity (Wildman–Crippen MR) is 71.2 cm³/mol. The summed E-state index contributed by atoms with van der Waals surface area (Å²) >= 11 is 0. The van der Waals surface area contributed by atoms with Gasteiger partial charge in [-0.25, -0.2) is 9.78 Å². The third-order valence-corrected chi connectivity index (χ3v) is 3.16. The van der Waals surface area contributed by atoms with Crippen LogP contribution >= 0.6 is 0 Å². The second kappa shape index (κ2) is 5.07. The predicted octanol–water partition coefficient (Wildman–Crippen LogP) is 2.09. The van der Waals surface area contributed by atoms with Crippen LogP contribution in [0.2, 0.25) is 0 Å². The molecule has 0 radical (unpaired) electrons. The van der Waals surface area contributed by atoms with Crippen molar-refractivity contribution < 1.29 is 27.4 Å². The van der Waals surface area contributed by atoms with Crippen LogP contribution in [0.3, 0.4) is 0 Å². The van der Waals surface area contributed by atoms with Gasteiger partial charge < -0.3 is 9.47 Å². The smallest absolute Gasteiger partial charge is 0.452 e. The maximum absolute atomic E-state index is 13.2. The second-order valence-corrected chi connectivity index (χ2v) is 4.50. The van der Waals surface area contributed by atoms with Crippen LogP contribution < -0.4 is 4.74 Å². The Morgan fingerprint density at radius 2 is 1.96 bits per heavy atom. The van der Waals surface area contributed by atoms with Crippen molar-refractivity contribution in [1.29, 1.82) is 0 Å². The minimum Gasteiger partial charge on any atom is -0.478 e. The third kappa shape index (κ3) is 2.31. The maximum Gasteiger partial charge on any atom is 0.452 e. The molecule has 0 N–H and O–H groups in total. The van der Waals surface area contributed by atoms with Crippen LogP contribution in [0.1, 0.15) is 16.2 Å². The van der Waals surface area contributed by atoms with Crippen LogP contribution in [0, 0.1) is 0 Å². The molecule has 0 aliphatic rings. The van der Waals surface area contributed by atoms with Crippen LogP contribution in [-0.4, -0.2) is 39.8 Å². The van der Waals surface area contributed by atoms with Crippen molar-refractivity contribution in [3.8, 4) is 5.88 Å². The number of aromatic nitrogens is 4. The summed E-state index contributed by atoms with van der Waals surface area (Å²) in [6, 6.07) is 4.02. The summed E-state index contributed by atoms with van der Waals surface area (Å²) in [5.74, 6) is -2.02. The van der Waals surface area contributed by atoms with E-state index in [2.05, 4.69) is 19.9 Å². The Balaban J connectivity index is 2.45. The van der Waals surface area contributed by atoms with Gasteiger partial charge in [0, 0.05) is 0 Å². The molecule has 0 aliphatic carbocycles. The van der Waals surface area contributed by atoms with Gasteiger partial charge in [-0.3, -0.25) is 4.40 Å². The van der Waals surface area contributed by atoms with Gasteiger partial charge in [0.25, 0.3) is 5.88 Å².